The van der Waals surface area contributed by atoms with Crippen LogP contribution in [-0.4, -0.2) is 52.5 Å². The number of amides is 1. The van der Waals surface area contributed by atoms with E-state index in [0.29, 0.717) is 24.6 Å². The van der Waals surface area contributed by atoms with Crippen LogP contribution >= 0.6 is 0 Å². The monoisotopic (exact) mass is 370 g/mol. The van der Waals surface area contributed by atoms with E-state index in [1.165, 1.54) is 5.56 Å². The minimum Gasteiger partial charge on any atom is -0.339 e. The lowest BCUT2D eigenvalue weighted by Gasteiger charge is -2.40. The van der Waals surface area contributed by atoms with E-state index in [-0.39, 0.29) is 17.4 Å². The van der Waals surface area contributed by atoms with Gasteiger partial charge >= 0.3 is 0 Å². The first-order valence-electron chi connectivity index (χ1n) is 9.70. The Morgan fingerprint density at radius 3 is 2.63 bits per heavy atom. The SMILES string of the molecule is CN1CCN(C(=O)CCCc2nc(C(C)(C)C)no2)C(c2ccccc2)C1. The molecule has 0 spiro atoms. The van der Waals surface area contributed by atoms with Gasteiger partial charge in [0.05, 0.1) is 6.04 Å². The summed E-state index contributed by atoms with van der Waals surface area (Å²) in [4.78, 5) is 21.7. The van der Waals surface area contributed by atoms with Crippen molar-refractivity contribution in [2.24, 2.45) is 0 Å². The summed E-state index contributed by atoms with van der Waals surface area (Å²) in [5, 5.41) is 4.05. The van der Waals surface area contributed by atoms with Crippen molar-refractivity contribution >= 4 is 5.91 Å². The highest BCUT2D eigenvalue weighted by atomic mass is 16.5. The van der Waals surface area contributed by atoms with Crippen LogP contribution in [0, 0.1) is 0 Å². The lowest BCUT2D eigenvalue weighted by Crippen LogP contribution is -2.49. The summed E-state index contributed by atoms with van der Waals surface area (Å²) in [6.07, 6.45) is 1.86. The Bertz CT molecular complexity index is 751. The minimum atomic E-state index is -0.125. The molecule has 0 N–H and O–H groups in total. The molecule has 1 aromatic carbocycles. The van der Waals surface area contributed by atoms with Crippen molar-refractivity contribution in [3.8, 4) is 0 Å². The summed E-state index contributed by atoms with van der Waals surface area (Å²) in [5.41, 5.74) is 1.07. The van der Waals surface area contributed by atoms with Crippen LogP contribution in [0.2, 0.25) is 0 Å². The summed E-state index contributed by atoms with van der Waals surface area (Å²) in [6, 6.07) is 10.4. The van der Waals surface area contributed by atoms with E-state index in [9.17, 15) is 4.79 Å². The molecule has 1 saturated heterocycles. The summed E-state index contributed by atoms with van der Waals surface area (Å²) in [7, 11) is 2.11. The zero-order valence-electron chi connectivity index (χ0n) is 16.8. The van der Waals surface area contributed by atoms with Crippen LogP contribution in [0.15, 0.2) is 34.9 Å². The molecule has 1 atom stereocenters. The Morgan fingerprint density at radius 1 is 1.22 bits per heavy atom. The quantitative estimate of drug-likeness (QED) is 0.809. The summed E-state index contributed by atoms with van der Waals surface area (Å²) >= 11 is 0. The second-order valence-electron chi connectivity index (χ2n) is 8.39. The second-order valence-corrected chi connectivity index (χ2v) is 8.39. The van der Waals surface area contributed by atoms with E-state index in [4.69, 9.17) is 4.52 Å². The number of carbonyl (C=O) groups excluding carboxylic acids is 1. The van der Waals surface area contributed by atoms with E-state index in [0.717, 1.165) is 26.1 Å². The predicted molar refractivity (Wildman–Crippen MR) is 104 cm³/mol. The molecule has 3 rings (SSSR count). The zero-order chi connectivity index (χ0) is 19.4. The number of aromatic nitrogens is 2. The highest BCUT2D eigenvalue weighted by molar-refractivity contribution is 5.77. The molecule has 2 aromatic rings. The van der Waals surface area contributed by atoms with Gasteiger partial charge in [-0.3, -0.25) is 4.79 Å². The van der Waals surface area contributed by atoms with Crippen molar-refractivity contribution in [2.75, 3.05) is 26.7 Å². The van der Waals surface area contributed by atoms with E-state index in [2.05, 4.69) is 55.0 Å². The summed E-state index contributed by atoms with van der Waals surface area (Å²) < 4.78 is 5.33. The Hall–Kier alpha value is -2.21. The number of piperazine rings is 1. The fraction of sp³-hybridized carbons (Fsp3) is 0.571. The molecule has 6 heteroatoms. The molecule has 1 aromatic heterocycles. The van der Waals surface area contributed by atoms with Crippen molar-refractivity contribution in [1.29, 1.82) is 0 Å². The van der Waals surface area contributed by atoms with E-state index >= 15 is 0 Å². The first kappa shape index (κ1) is 19.5. The first-order valence-corrected chi connectivity index (χ1v) is 9.70. The molecular formula is C21H30N4O2. The topological polar surface area (TPSA) is 62.5 Å². The van der Waals surface area contributed by atoms with Gasteiger partial charge in [0.15, 0.2) is 5.82 Å². The molecule has 2 heterocycles. The molecule has 1 aliphatic heterocycles. The molecule has 0 bridgehead atoms. The van der Waals surface area contributed by atoms with E-state index < -0.39 is 0 Å². The molecule has 27 heavy (non-hydrogen) atoms. The number of likely N-dealkylation sites (N-methyl/N-ethyl adjacent to an activating group) is 1. The Kier molecular flexibility index (Phi) is 5.95. The van der Waals surface area contributed by atoms with Crippen LogP contribution in [-0.2, 0) is 16.6 Å². The number of aryl methyl sites for hydroxylation is 1. The third-order valence-electron chi connectivity index (χ3n) is 5.01. The van der Waals surface area contributed by atoms with Crippen LogP contribution in [0.3, 0.4) is 0 Å². The Balaban J connectivity index is 1.58. The van der Waals surface area contributed by atoms with Gasteiger partial charge in [0.2, 0.25) is 11.8 Å². The van der Waals surface area contributed by atoms with Gasteiger partial charge in [-0.05, 0) is 19.0 Å². The first-order chi connectivity index (χ1) is 12.8. The molecule has 1 aliphatic rings. The summed E-state index contributed by atoms with van der Waals surface area (Å²) in [6.45, 7) is 8.72. The lowest BCUT2D eigenvalue weighted by atomic mass is 9.96. The maximum Gasteiger partial charge on any atom is 0.226 e. The van der Waals surface area contributed by atoms with Crippen molar-refractivity contribution in [3.05, 3.63) is 47.6 Å². The van der Waals surface area contributed by atoms with Crippen LogP contribution in [0.25, 0.3) is 0 Å². The molecule has 1 amide bonds. The average Bonchev–Trinajstić information content (AvgIpc) is 3.11. The number of hydrogen-bond acceptors (Lipinski definition) is 5. The predicted octanol–water partition coefficient (Wildman–Crippen LogP) is 3.21. The molecule has 0 saturated carbocycles. The van der Waals surface area contributed by atoms with Gasteiger partial charge in [-0.1, -0.05) is 56.3 Å². The van der Waals surface area contributed by atoms with Gasteiger partial charge < -0.3 is 14.3 Å². The van der Waals surface area contributed by atoms with E-state index in [1.807, 2.05) is 23.1 Å². The van der Waals surface area contributed by atoms with Crippen LogP contribution in [0.5, 0.6) is 0 Å². The zero-order valence-corrected chi connectivity index (χ0v) is 16.8. The normalized spacial score (nSPS) is 18.7. The highest BCUT2D eigenvalue weighted by Crippen LogP contribution is 2.26. The van der Waals surface area contributed by atoms with Crippen molar-refractivity contribution < 1.29 is 9.32 Å². The molecule has 6 nitrogen and oxygen atoms in total. The van der Waals surface area contributed by atoms with Gasteiger partial charge in [-0.15, -0.1) is 0 Å². The van der Waals surface area contributed by atoms with Gasteiger partial charge in [0, 0.05) is 37.9 Å². The van der Waals surface area contributed by atoms with Crippen molar-refractivity contribution in [3.63, 3.8) is 0 Å². The second kappa shape index (κ2) is 8.21. The number of carbonyl (C=O) groups is 1. The highest BCUT2D eigenvalue weighted by Gasteiger charge is 2.30. The fourth-order valence-corrected chi connectivity index (χ4v) is 3.37. The molecule has 1 fully saturated rings. The van der Waals surface area contributed by atoms with Gasteiger partial charge in [0.25, 0.3) is 0 Å². The fourth-order valence-electron chi connectivity index (χ4n) is 3.37. The number of rotatable bonds is 5. The molecule has 1 unspecified atom stereocenters. The minimum absolute atomic E-state index is 0.119. The molecular weight excluding hydrogens is 340 g/mol. The lowest BCUT2D eigenvalue weighted by molar-refractivity contribution is -0.136. The van der Waals surface area contributed by atoms with Gasteiger partial charge in [0.1, 0.15) is 0 Å². The smallest absolute Gasteiger partial charge is 0.226 e. The van der Waals surface area contributed by atoms with E-state index in [1.54, 1.807) is 0 Å². The number of hydrogen-bond donors (Lipinski definition) is 0. The van der Waals surface area contributed by atoms with Crippen molar-refractivity contribution in [1.82, 2.24) is 19.9 Å². The summed E-state index contributed by atoms with van der Waals surface area (Å²) in [5.74, 6) is 1.53. The van der Waals surface area contributed by atoms with Crippen LogP contribution < -0.4 is 0 Å². The maximum atomic E-state index is 12.9. The largest absolute Gasteiger partial charge is 0.339 e. The standard InChI is InChI=1S/C21H30N4O2/c1-21(2,3)20-22-18(27-23-20)11-8-12-19(26)25-14-13-24(4)15-17(25)16-9-6-5-7-10-16/h5-7,9-10,17H,8,11-15H2,1-4H3. The van der Waals surface area contributed by atoms with Crippen LogP contribution in [0.1, 0.15) is 56.9 Å². The van der Waals surface area contributed by atoms with Gasteiger partial charge in [-0.2, -0.15) is 4.98 Å². The molecule has 0 aliphatic carbocycles. The Labute approximate surface area is 161 Å². The van der Waals surface area contributed by atoms with Crippen LogP contribution in [0.4, 0.5) is 0 Å². The number of nitrogens with zero attached hydrogens (tertiary/aromatic N) is 4. The number of benzene rings is 1. The average molecular weight is 370 g/mol. The molecule has 146 valence electrons. The molecule has 0 radical (unpaired) electrons. The Morgan fingerprint density at radius 2 is 1.96 bits per heavy atom. The maximum absolute atomic E-state index is 12.9. The third kappa shape index (κ3) is 4.95. The van der Waals surface area contributed by atoms with Crippen molar-refractivity contribution in [2.45, 2.75) is 51.5 Å². The third-order valence-corrected chi connectivity index (χ3v) is 5.01. The van der Waals surface area contributed by atoms with Gasteiger partial charge in [-0.25, -0.2) is 0 Å².